The molecule has 0 aliphatic rings. The molecule has 0 spiro atoms. The number of carboxylic acid groups (broad SMARTS) is 1. The lowest BCUT2D eigenvalue weighted by molar-refractivity contribution is 0.0701. The predicted molar refractivity (Wildman–Crippen MR) is 79.5 cm³/mol. The van der Waals surface area contributed by atoms with Crippen LogP contribution in [0.5, 0.6) is 5.19 Å². The maximum atomic E-state index is 11.3. The van der Waals surface area contributed by atoms with Crippen LogP contribution < -0.4 is 4.74 Å². The normalized spacial score (nSPS) is 12.1. The van der Waals surface area contributed by atoms with E-state index in [9.17, 15) is 9.90 Å². The average Bonchev–Trinajstić information content (AvgIpc) is 2.84. The number of nitrogens with zero attached hydrogens (tertiary/aromatic N) is 1. The van der Waals surface area contributed by atoms with Gasteiger partial charge in [-0.3, -0.25) is 0 Å². The van der Waals surface area contributed by atoms with E-state index in [1.54, 1.807) is 7.11 Å². The smallest absolute Gasteiger partial charge is 0.348 e. The van der Waals surface area contributed by atoms with Crippen molar-refractivity contribution in [2.45, 2.75) is 20.3 Å². The lowest BCUT2D eigenvalue weighted by Gasteiger charge is -2.01. The van der Waals surface area contributed by atoms with E-state index >= 15 is 0 Å². The first-order chi connectivity index (χ1) is 9.63. The van der Waals surface area contributed by atoms with Gasteiger partial charge < -0.3 is 14.6 Å². The molecule has 1 aromatic heterocycles. The summed E-state index contributed by atoms with van der Waals surface area (Å²) in [6.07, 6.45) is 6.33. The van der Waals surface area contributed by atoms with Crippen LogP contribution in [-0.2, 0) is 4.74 Å². The second-order valence-corrected chi connectivity index (χ2v) is 4.84. The minimum atomic E-state index is -0.987. The summed E-state index contributed by atoms with van der Waals surface area (Å²) in [7, 11) is 1.58. The summed E-state index contributed by atoms with van der Waals surface area (Å²) in [6.45, 7) is 4.66. The second-order valence-electron chi connectivity index (χ2n) is 3.88. The SMILES string of the molecule is C/C=C\C=C(/CC)c1nc(OCCOC)sc1C(=O)O. The quantitative estimate of drug-likeness (QED) is 0.589. The Hall–Kier alpha value is -1.66. The highest BCUT2D eigenvalue weighted by Gasteiger charge is 2.20. The third kappa shape index (κ3) is 4.47. The van der Waals surface area contributed by atoms with Gasteiger partial charge in [0.05, 0.1) is 12.3 Å². The van der Waals surface area contributed by atoms with Crippen LogP contribution in [0.15, 0.2) is 18.2 Å². The molecule has 0 radical (unpaired) electrons. The Labute approximate surface area is 122 Å². The van der Waals surface area contributed by atoms with Gasteiger partial charge in [0, 0.05) is 7.11 Å². The standard InChI is InChI=1S/C14H19NO4S/c1-4-6-7-10(5-2)11-12(13(16)17)20-14(15-11)19-9-8-18-3/h4,6-7H,5,8-9H2,1-3H3,(H,16,17)/b6-4-,10-7+. The van der Waals surface area contributed by atoms with Gasteiger partial charge >= 0.3 is 5.97 Å². The van der Waals surface area contributed by atoms with E-state index in [0.29, 0.717) is 30.5 Å². The molecule has 110 valence electrons. The first-order valence-corrected chi connectivity index (χ1v) is 7.13. The molecule has 5 nitrogen and oxygen atoms in total. The molecule has 1 rings (SSSR count). The molecule has 0 atom stereocenters. The van der Waals surface area contributed by atoms with Gasteiger partial charge in [-0.05, 0) is 18.9 Å². The number of methoxy groups -OCH3 is 1. The molecule has 0 amide bonds. The van der Waals surface area contributed by atoms with Crippen molar-refractivity contribution in [3.05, 3.63) is 28.8 Å². The molecule has 0 fully saturated rings. The number of thiazole rings is 1. The molecule has 0 aliphatic carbocycles. The van der Waals surface area contributed by atoms with Crippen LogP contribution in [0.3, 0.4) is 0 Å². The number of rotatable bonds is 8. The van der Waals surface area contributed by atoms with Crippen LogP contribution in [-0.4, -0.2) is 36.4 Å². The molecular weight excluding hydrogens is 278 g/mol. The van der Waals surface area contributed by atoms with Gasteiger partial charge in [0.2, 0.25) is 0 Å². The van der Waals surface area contributed by atoms with Crippen molar-refractivity contribution in [1.82, 2.24) is 4.98 Å². The summed E-state index contributed by atoms with van der Waals surface area (Å²) in [6, 6.07) is 0. The van der Waals surface area contributed by atoms with Crippen LogP contribution in [0.25, 0.3) is 5.57 Å². The molecule has 0 saturated carbocycles. The average molecular weight is 297 g/mol. The van der Waals surface area contributed by atoms with Crippen molar-refractivity contribution in [3.8, 4) is 5.19 Å². The van der Waals surface area contributed by atoms with Crippen LogP contribution >= 0.6 is 11.3 Å². The molecule has 0 aromatic carbocycles. The maximum absolute atomic E-state index is 11.3. The van der Waals surface area contributed by atoms with Gasteiger partial charge in [0.15, 0.2) is 0 Å². The number of aromatic carboxylic acids is 1. The fourth-order valence-electron chi connectivity index (χ4n) is 1.51. The largest absolute Gasteiger partial charge is 0.477 e. The van der Waals surface area contributed by atoms with E-state index in [4.69, 9.17) is 9.47 Å². The molecule has 6 heteroatoms. The van der Waals surface area contributed by atoms with E-state index in [1.165, 1.54) is 0 Å². The number of aromatic nitrogens is 1. The molecule has 0 aliphatic heterocycles. The number of allylic oxidation sites excluding steroid dienone is 4. The number of hydrogen-bond donors (Lipinski definition) is 1. The summed E-state index contributed by atoms with van der Waals surface area (Å²) >= 11 is 1.04. The van der Waals surface area contributed by atoms with Gasteiger partial charge in [-0.25, -0.2) is 9.78 Å². The third-order valence-electron chi connectivity index (χ3n) is 2.49. The molecule has 20 heavy (non-hydrogen) atoms. The Morgan fingerprint density at radius 3 is 2.75 bits per heavy atom. The Kier molecular flexibility index (Phi) is 6.97. The minimum absolute atomic E-state index is 0.204. The van der Waals surface area contributed by atoms with Gasteiger partial charge in [0.25, 0.3) is 5.19 Å². The second kappa shape index (κ2) is 8.50. The van der Waals surface area contributed by atoms with E-state index in [1.807, 2.05) is 32.1 Å². The van der Waals surface area contributed by atoms with Crippen molar-refractivity contribution in [1.29, 1.82) is 0 Å². The predicted octanol–water partition coefficient (Wildman–Crippen LogP) is 3.24. The molecule has 1 N–H and O–H groups in total. The number of carboxylic acids is 1. The summed E-state index contributed by atoms with van der Waals surface area (Å²) in [4.78, 5) is 15.8. The Morgan fingerprint density at radius 2 is 2.20 bits per heavy atom. The lowest BCUT2D eigenvalue weighted by atomic mass is 10.1. The molecule has 0 saturated heterocycles. The summed E-state index contributed by atoms with van der Waals surface area (Å²) in [5, 5.41) is 9.62. The highest BCUT2D eigenvalue weighted by Crippen LogP contribution is 2.31. The first kappa shape index (κ1) is 16.4. The number of hydrogen-bond acceptors (Lipinski definition) is 5. The molecule has 0 unspecified atom stereocenters. The van der Waals surface area contributed by atoms with Crippen molar-refractivity contribution >= 4 is 22.9 Å². The van der Waals surface area contributed by atoms with Crippen LogP contribution in [0.1, 0.15) is 35.6 Å². The fourth-order valence-corrected chi connectivity index (χ4v) is 2.33. The zero-order valence-electron chi connectivity index (χ0n) is 11.9. The molecule has 1 heterocycles. The Morgan fingerprint density at radius 1 is 1.45 bits per heavy atom. The van der Waals surface area contributed by atoms with Gasteiger partial charge in [-0.15, -0.1) is 0 Å². The van der Waals surface area contributed by atoms with E-state index in [2.05, 4.69) is 4.98 Å². The maximum Gasteiger partial charge on any atom is 0.348 e. The summed E-state index contributed by atoms with van der Waals surface area (Å²) in [5.41, 5.74) is 1.36. The lowest BCUT2D eigenvalue weighted by Crippen LogP contribution is -2.03. The molecule has 0 bridgehead atoms. The monoisotopic (exact) mass is 297 g/mol. The fraction of sp³-hybridized carbons (Fsp3) is 0.429. The third-order valence-corrected chi connectivity index (χ3v) is 3.45. The van der Waals surface area contributed by atoms with Crippen molar-refractivity contribution < 1.29 is 19.4 Å². The van der Waals surface area contributed by atoms with Gasteiger partial charge in [0.1, 0.15) is 11.5 Å². The minimum Gasteiger partial charge on any atom is -0.477 e. The van der Waals surface area contributed by atoms with Crippen molar-refractivity contribution in [3.63, 3.8) is 0 Å². The number of ether oxygens (including phenoxy) is 2. The van der Waals surface area contributed by atoms with E-state index < -0.39 is 5.97 Å². The highest BCUT2D eigenvalue weighted by molar-refractivity contribution is 7.15. The van der Waals surface area contributed by atoms with E-state index in [-0.39, 0.29) is 4.88 Å². The van der Waals surface area contributed by atoms with Gasteiger partial charge in [-0.1, -0.05) is 36.5 Å². The summed E-state index contributed by atoms with van der Waals surface area (Å²) in [5.74, 6) is -0.987. The zero-order chi connectivity index (χ0) is 15.0. The first-order valence-electron chi connectivity index (χ1n) is 6.32. The van der Waals surface area contributed by atoms with Crippen molar-refractivity contribution in [2.24, 2.45) is 0 Å². The molecule has 1 aromatic rings. The number of carbonyl (C=O) groups is 1. The molecular formula is C14H19NO4S. The Balaban J connectivity index is 3.06. The highest BCUT2D eigenvalue weighted by atomic mass is 32.1. The zero-order valence-corrected chi connectivity index (χ0v) is 12.7. The van der Waals surface area contributed by atoms with Crippen LogP contribution in [0, 0.1) is 0 Å². The van der Waals surface area contributed by atoms with E-state index in [0.717, 1.165) is 16.9 Å². The van der Waals surface area contributed by atoms with Crippen LogP contribution in [0.2, 0.25) is 0 Å². The van der Waals surface area contributed by atoms with Crippen molar-refractivity contribution in [2.75, 3.05) is 20.3 Å². The van der Waals surface area contributed by atoms with Crippen LogP contribution in [0.4, 0.5) is 0 Å². The Bertz CT molecular complexity index is 505. The van der Waals surface area contributed by atoms with Gasteiger partial charge in [-0.2, -0.15) is 0 Å². The summed E-state index contributed by atoms with van der Waals surface area (Å²) < 4.78 is 10.3. The topological polar surface area (TPSA) is 68.7 Å².